The normalized spacial score (nSPS) is 11.0. The van der Waals surface area contributed by atoms with Crippen molar-refractivity contribution in [1.29, 1.82) is 0 Å². The van der Waals surface area contributed by atoms with E-state index in [1.165, 1.54) is 10.8 Å². The molecule has 0 saturated heterocycles. The summed E-state index contributed by atoms with van der Waals surface area (Å²) in [6.07, 6.45) is 3.39. The van der Waals surface area contributed by atoms with Gasteiger partial charge in [0.05, 0.1) is 12.5 Å². The monoisotopic (exact) mass is 260 g/mol. The van der Waals surface area contributed by atoms with Gasteiger partial charge in [-0.05, 0) is 47.2 Å². The molecule has 2 aromatic heterocycles. The minimum absolute atomic E-state index is 0.885. The van der Waals surface area contributed by atoms with Gasteiger partial charge in [-0.3, -0.25) is 0 Å². The number of fused-ring (bicyclic) bond motifs is 1. The molecule has 0 aliphatic carbocycles. The zero-order chi connectivity index (χ0) is 13.4. The molecular weight excluding hydrogens is 248 g/mol. The van der Waals surface area contributed by atoms with Crippen LogP contribution in [0.2, 0.25) is 0 Å². The molecule has 2 nitrogen and oxygen atoms in total. The Hall–Kier alpha value is -2.74. The quantitative estimate of drug-likeness (QED) is 0.485. The molecule has 0 aliphatic rings. The first-order chi connectivity index (χ1) is 9.90. The Morgan fingerprint density at radius 3 is 1.55 bits per heavy atom. The lowest BCUT2D eigenvalue weighted by Crippen LogP contribution is -1.79. The molecule has 0 radical (unpaired) electrons. The largest absolute Gasteiger partial charge is 0.464 e. The van der Waals surface area contributed by atoms with Gasteiger partial charge in [0.15, 0.2) is 0 Å². The highest BCUT2D eigenvalue weighted by atomic mass is 16.3. The van der Waals surface area contributed by atoms with Crippen molar-refractivity contribution in [3.63, 3.8) is 0 Å². The summed E-state index contributed by atoms with van der Waals surface area (Å²) >= 11 is 0. The maximum atomic E-state index is 5.45. The molecule has 2 aromatic carbocycles. The molecule has 0 atom stereocenters. The van der Waals surface area contributed by atoms with Gasteiger partial charge in [0.2, 0.25) is 0 Å². The Balaban J connectivity index is 1.88. The molecular formula is C18H12O2. The van der Waals surface area contributed by atoms with Gasteiger partial charge in [-0.15, -0.1) is 0 Å². The van der Waals surface area contributed by atoms with Gasteiger partial charge in [-0.1, -0.05) is 24.3 Å². The second-order valence-electron chi connectivity index (χ2n) is 4.73. The Labute approximate surface area is 116 Å². The maximum absolute atomic E-state index is 5.45. The van der Waals surface area contributed by atoms with Crippen LogP contribution in [0.1, 0.15) is 0 Å². The van der Waals surface area contributed by atoms with E-state index in [1.807, 2.05) is 24.3 Å². The van der Waals surface area contributed by atoms with E-state index in [2.05, 4.69) is 36.4 Å². The van der Waals surface area contributed by atoms with Crippen LogP contribution in [0, 0.1) is 0 Å². The highest BCUT2D eigenvalue weighted by Gasteiger charge is 2.05. The van der Waals surface area contributed by atoms with Crippen LogP contribution in [0.25, 0.3) is 33.4 Å². The smallest absolute Gasteiger partial charge is 0.133 e. The van der Waals surface area contributed by atoms with Crippen molar-refractivity contribution in [2.24, 2.45) is 0 Å². The van der Waals surface area contributed by atoms with Gasteiger partial charge < -0.3 is 8.83 Å². The van der Waals surface area contributed by atoms with E-state index in [0.717, 1.165) is 22.6 Å². The van der Waals surface area contributed by atoms with Crippen molar-refractivity contribution in [3.8, 4) is 22.6 Å². The second-order valence-corrected chi connectivity index (χ2v) is 4.73. The average molecular weight is 260 g/mol. The molecule has 0 amide bonds. The van der Waals surface area contributed by atoms with E-state index in [-0.39, 0.29) is 0 Å². The van der Waals surface area contributed by atoms with E-state index in [9.17, 15) is 0 Å². The Morgan fingerprint density at radius 2 is 1.10 bits per heavy atom. The van der Waals surface area contributed by atoms with Gasteiger partial charge in [-0.25, -0.2) is 0 Å². The molecule has 4 rings (SSSR count). The summed E-state index contributed by atoms with van der Waals surface area (Å²) in [4.78, 5) is 0. The first-order valence-electron chi connectivity index (χ1n) is 6.52. The topological polar surface area (TPSA) is 26.3 Å². The average Bonchev–Trinajstić information content (AvgIpc) is 3.19. The van der Waals surface area contributed by atoms with Gasteiger partial charge in [0.1, 0.15) is 11.5 Å². The summed E-state index contributed by atoms with van der Waals surface area (Å²) in [5.41, 5.74) is 2.16. The van der Waals surface area contributed by atoms with E-state index in [0.29, 0.717) is 0 Å². The zero-order valence-electron chi connectivity index (χ0n) is 10.7. The Bertz CT molecular complexity index is 771. The fourth-order valence-electron chi connectivity index (χ4n) is 2.44. The van der Waals surface area contributed by atoms with Gasteiger partial charge in [-0.2, -0.15) is 0 Å². The first-order valence-corrected chi connectivity index (χ1v) is 6.52. The molecule has 0 spiro atoms. The molecule has 2 heterocycles. The summed E-state index contributed by atoms with van der Waals surface area (Å²) in [5, 5.41) is 2.38. The summed E-state index contributed by atoms with van der Waals surface area (Å²) < 4.78 is 10.9. The van der Waals surface area contributed by atoms with Gasteiger partial charge >= 0.3 is 0 Å². The number of furan rings is 2. The van der Waals surface area contributed by atoms with Crippen molar-refractivity contribution >= 4 is 10.8 Å². The van der Waals surface area contributed by atoms with Crippen molar-refractivity contribution in [2.75, 3.05) is 0 Å². The fraction of sp³-hybridized carbons (Fsp3) is 0. The summed E-state index contributed by atoms with van der Waals surface area (Å²) in [6.45, 7) is 0. The summed E-state index contributed by atoms with van der Waals surface area (Å²) in [5.74, 6) is 1.77. The molecule has 0 bridgehead atoms. The van der Waals surface area contributed by atoms with Crippen LogP contribution >= 0.6 is 0 Å². The highest BCUT2D eigenvalue weighted by Crippen LogP contribution is 2.28. The minimum Gasteiger partial charge on any atom is -0.464 e. The number of hydrogen-bond donors (Lipinski definition) is 0. The van der Waals surface area contributed by atoms with E-state index < -0.39 is 0 Å². The van der Waals surface area contributed by atoms with Crippen molar-refractivity contribution in [2.45, 2.75) is 0 Å². The lowest BCUT2D eigenvalue weighted by molar-refractivity contribution is 0.582. The molecule has 4 aromatic rings. The SMILES string of the molecule is c1coc(-c2ccc3ccc(-c4ccco4)cc3c2)c1. The molecule has 96 valence electrons. The van der Waals surface area contributed by atoms with Gasteiger partial charge in [0.25, 0.3) is 0 Å². The molecule has 0 unspecified atom stereocenters. The Kier molecular flexibility index (Phi) is 2.46. The predicted octanol–water partition coefficient (Wildman–Crippen LogP) is 5.36. The van der Waals surface area contributed by atoms with Gasteiger partial charge in [0, 0.05) is 11.1 Å². The fourth-order valence-corrected chi connectivity index (χ4v) is 2.44. The molecule has 0 saturated carbocycles. The van der Waals surface area contributed by atoms with Crippen LogP contribution in [-0.4, -0.2) is 0 Å². The molecule has 0 aliphatic heterocycles. The maximum Gasteiger partial charge on any atom is 0.133 e. The molecule has 0 fully saturated rings. The summed E-state index contributed by atoms with van der Waals surface area (Å²) in [6, 6.07) is 20.4. The zero-order valence-corrected chi connectivity index (χ0v) is 10.7. The molecule has 20 heavy (non-hydrogen) atoms. The molecule has 2 heteroatoms. The minimum atomic E-state index is 0.885. The van der Waals surface area contributed by atoms with Crippen LogP contribution in [-0.2, 0) is 0 Å². The van der Waals surface area contributed by atoms with Crippen LogP contribution in [0.4, 0.5) is 0 Å². The lowest BCUT2D eigenvalue weighted by atomic mass is 10.0. The third-order valence-electron chi connectivity index (χ3n) is 3.45. The van der Waals surface area contributed by atoms with Crippen LogP contribution in [0.5, 0.6) is 0 Å². The van der Waals surface area contributed by atoms with Crippen molar-refractivity contribution in [3.05, 3.63) is 73.2 Å². The van der Waals surface area contributed by atoms with Crippen LogP contribution < -0.4 is 0 Å². The first kappa shape index (κ1) is 11.1. The van der Waals surface area contributed by atoms with Crippen LogP contribution in [0.3, 0.4) is 0 Å². The number of benzene rings is 2. The van der Waals surface area contributed by atoms with E-state index >= 15 is 0 Å². The standard InChI is InChI=1S/C18H12O2/c1-3-17(19-9-1)14-7-5-13-6-8-15(12-16(13)11-14)18-4-2-10-20-18/h1-12H. The predicted molar refractivity (Wildman–Crippen MR) is 79.4 cm³/mol. The van der Waals surface area contributed by atoms with E-state index in [1.54, 1.807) is 12.5 Å². The highest BCUT2D eigenvalue weighted by molar-refractivity contribution is 5.89. The van der Waals surface area contributed by atoms with E-state index in [4.69, 9.17) is 8.83 Å². The van der Waals surface area contributed by atoms with Crippen molar-refractivity contribution in [1.82, 2.24) is 0 Å². The van der Waals surface area contributed by atoms with Crippen LogP contribution in [0.15, 0.2) is 82.0 Å². The van der Waals surface area contributed by atoms with Crippen molar-refractivity contribution < 1.29 is 8.83 Å². The second kappa shape index (κ2) is 4.42. The Morgan fingerprint density at radius 1 is 0.550 bits per heavy atom. The third-order valence-corrected chi connectivity index (χ3v) is 3.45. The summed E-state index contributed by atoms with van der Waals surface area (Å²) in [7, 11) is 0. The number of rotatable bonds is 2. The molecule has 0 N–H and O–H groups in total. The third kappa shape index (κ3) is 1.82. The number of hydrogen-bond acceptors (Lipinski definition) is 2. The lowest BCUT2D eigenvalue weighted by Gasteiger charge is -2.04.